The molecule has 1 saturated heterocycles. The number of nitrogens with one attached hydrogen (secondary N) is 1. The Labute approximate surface area is 127 Å². The van der Waals surface area contributed by atoms with Gasteiger partial charge in [-0.2, -0.15) is 0 Å². The third-order valence-electron chi connectivity index (χ3n) is 4.60. The number of piperazine rings is 1. The van der Waals surface area contributed by atoms with Crippen LogP contribution in [0.4, 0.5) is 0 Å². The van der Waals surface area contributed by atoms with E-state index in [0.717, 1.165) is 6.04 Å². The molecule has 0 aromatic heterocycles. The predicted octanol–water partition coefficient (Wildman–Crippen LogP) is 4.59. The van der Waals surface area contributed by atoms with Gasteiger partial charge in [-0.1, -0.05) is 58.8 Å². The second kappa shape index (κ2) is 9.78. The van der Waals surface area contributed by atoms with Gasteiger partial charge in [0.1, 0.15) is 0 Å². The van der Waals surface area contributed by atoms with Crippen molar-refractivity contribution in [2.45, 2.75) is 97.1 Å². The minimum atomic E-state index is 0.297. The van der Waals surface area contributed by atoms with Crippen molar-refractivity contribution < 1.29 is 0 Å². The Bertz CT molecular complexity index is 238. The van der Waals surface area contributed by atoms with Gasteiger partial charge >= 0.3 is 0 Å². The van der Waals surface area contributed by atoms with Crippen LogP contribution in [0.15, 0.2) is 0 Å². The van der Waals surface area contributed by atoms with Crippen LogP contribution < -0.4 is 5.32 Å². The molecule has 1 N–H and O–H groups in total. The molecule has 2 heteroatoms. The molecular formula is C18H38N2. The molecule has 1 aliphatic heterocycles. The molecule has 1 fully saturated rings. The van der Waals surface area contributed by atoms with Crippen molar-refractivity contribution in [2.75, 3.05) is 19.6 Å². The van der Waals surface area contributed by atoms with Gasteiger partial charge in [-0.05, 0) is 33.2 Å². The molecule has 120 valence electrons. The zero-order valence-corrected chi connectivity index (χ0v) is 14.5. The fourth-order valence-electron chi connectivity index (χ4n) is 3.37. The minimum Gasteiger partial charge on any atom is -0.309 e. The Morgan fingerprint density at radius 1 is 0.950 bits per heavy atom. The molecular weight excluding hydrogens is 244 g/mol. The van der Waals surface area contributed by atoms with Crippen LogP contribution in [0.25, 0.3) is 0 Å². The van der Waals surface area contributed by atoms with Gasteiger partial charge in [-0.15, -0.1) is 0 Å². The topological polar surface area (TPSA) is 15.3 Å². The van der Waals surface area contributed by atoms with Crippen LogP contribution in [0.1, 0.15) is 85.5 Å². The summed E-state index contributed by atoms with van der Waals surface area (Å²) in [5.74, 6) is 0. The summed E-state index contributed by atoms with van der Waals surface area (Å²) in [6.07, 6.45) is 12.6. The highest BCUT2D eigenvalue weighted by atomic mass is 15.2. The van der Waals surface area contributed by atoms with Gasteiger partial charge < -0.3 is 5.32 Å². The maximum Gasteiger partial charge on any atom is 0.0252 e. The fraction of sp³-hybridized carbons (Fsp3) is 1.00. The smallest absolute Gasteiger partial charge is 0.0252 e. The van der Waals surface area contributed by atoms with Crippen molar-refractivity contribution in [2.24, 2.45) is 0 Å². The first-order valence-electron chi connectivity index (χ1n) is 9.08. The Morgan fingerprint density at radius 3 is 2.25 bits per heavy atom. The monoisotopic (exact) mass is 282 g/mol. The number of rotatable bonds is 10. The van der Waals surface area contributed by atoms with Gasteiger partial charge in [0.2, 0.25) is 0 Å². The Kier molecular flexibility index (Phi) is 8.79. The van der Waals surface area contributed by atoms with E-state index in [0.29, 0.717) is 5.54 Å². The van der Waals surface area contributed by atoms with E-state index in [9.17, 15) is 0 Å². The van der Waals surface area contributed by atoms with Crippen molar-refractivity contribution in [3.63, 3.8) is 0 Å². The lowest BCUT2D eigenvalue weighted by Crippen LogP contribution is -2.61. The van der Waals surface area contributed by atoms with E-state index in [4.69, 9.17) is 0 Å². The summed E-state index contributed by atoms with van der Waals surface area (Å²) < 4.78 is 0. The molecule has 1 unspecified atom stereocenters. The molecule has 1 rings (SSSR count). The van der Waals surface area contributed by atoms with Crippen LogP contribution in [-0.2, 0) is 0 Å². The zero-order valence-electron chi connectivity index (χ0n) is 14.5. The van der Waals surface area contributed by atoms with Gasteiger partial charge in [0, 0.05) is 24.7 Å². The maximum absolute atomic E-state index is 3.71. The SMILES string of the molecule is CCCCCCCCCN1CC(C)(C)NCC1CCC. The van der Waals surface area contributed by atoms with Crippen molar-refractivity contribution in [1.29, 1.82) is 0 Å². The molecule has 0 saturated carbocycles. The summed E-state index contributed by atoms with van der Waals surface area (Å²) in [4.78, 5) is 2.76. The first kappa shape index (κ1) is 18.0. The average Bonchev–Trinajstić information content (AvgIpc) is 2.40. The molecule has 0 aliphatic carbocycles. The van der Waals surface area contributed by atoms with E-state index in [1.807, 2.05) is 0 Å². The first-order valence-corrected chi connectivity index (χ1v) is 9.08. The summed E-state index contributed by atoms with van der Waals surface area (Å²) in [6, 6.07) is 0.771. The van der Waals surface area contributed by atoms with Crippen LogP contribution in [0, 0.1) is 0 Å². The van der Waals surface area contributed by atoms with E-state index in [2.05, 4.69) is 37.9 Å². The van der Waals surface area contributed by atoms with Gasteiger partial charge in [0.05, 0.1) is 0 Å². The lowest BCUT2D eigenvalue weighted by molar-refractivity contribution is 0.0876. The second-order valence-electron chi connectivity index (χ2n) is 7.30. The van der Waals surface area contributed by atoms with Crippen LogP contribution in [-0.4, -0.2) is 36.1 Å². The van der Waals surface area contributed by atoms with E-state index < -0.39 is 0 Å². The summed E-state index contributed by atoms with van der Waals surface area (Å²) in [5.41, 5.74) is 0.297. The van der Waals surface area contributed by atoms with E-state index in [-0.39, 0.29) is 0 Å². The van der Waals surface area contributed by atoms with Crippen LogP contribution >= 0.6 is 0 Å². The molecule has 2 nitrogen and oxygen atoms in total. The summed E-state index contributed by atoms with van der Waals surface area (Å²) in [5, 5.41) is 3.71. The standard InChI is InChI=1S/C18H38N2/c1-5-7-8-9-10-11-12-14-20-16-18(3,4)19-15-17(20)13-6-2/h17,19H,5-16H2,1-4H3. The minimum absolute atomic E-state index is 0.297. The Balaban J connectivity index is 2.20. The number of hydrogen-bond acceptors (Lipinski definition) is 2. The van der Waals surface area contributed by atoms with E-state index in [1.54, 1.807) is 0 Å². The third-order valence-corrected chi connectivity index (χ3v) is 4.60. The summed E-state index contributed by atoms with van der Waals surface area (Å²) in [6.45, 7) is 13.0. The average molecular weight is 283 g/mol. The molecule has 0 aromatic carbocycles. The molecule has 1 heterocycles. The number of hydrogen-bond donors (Lipinski definition) is 1. The number of nitrogens with zero attached hydrogens (tertiary/aromatic N) is 1. The third kappa shape index (κ3) is 7.08. The van der Waals surface area contributed by atoms with E-state index >= 15 is 0 Å². The quantitative estimate of drug-likeness (QED) is 0.590. The van der Waals surface area contributed by atoms with Crippen LogP contribution in [0.3, 0.4) is 0 Å². The normalized spacial score (nSPS) is 23.1. The van der Waals surface area contributed by atoms with Crippen LogP contribution in [0.5, 0.6) is 0 Å². The largest absolute Gasteiger partial charge is 0.309 e. The number of unbranched alkanes of at least 4 members (excludes halogenated alkanes) is 6. The maximum atomic E-state index is 3.71. The molecule has 0 radical (unpaired) electrons. The zero-order chi connectivity index (χ0) is 14.8. The lowest BCUT2D eigenvalue weighted by atomic mass is 9.96. The molecule has 0 bridgehead atoms. The molecule has 0 aromatic rings. The predicted molar refractivity (Wildman–Crippen MR) is 90.3 cm³/mol. The molecule has 20 heavy (non-hydrogen) atoms. The first-order chi connectivity index (χ1) is 9.59. The van der Waals surface area contributed by atoms with Gasteiger partial charge in [-0.3, -0.25) is 4.90 Å². The fourth-order valence-corrected chi connectivity index (χ4v) is 3.37. The lowest BCUT2D eigenvalue weighted by Gasteiger charge is -2.45. The van der Waals surface area contributed by atoms with Crippen molar-refractivity contribution in [1.82, 2.24) is 10.2 Å². The highest BCUT2D eigenvalue weighted by Gasteiger charge is 2.31. The second-order valence-corrected chi connectivity index (χ2v) is 7.30. The molecule has 1 atom stereocenters. The van der Waals surface area contributed by atoms with Crippen molar-refractivity contribution in [3.8, 4) is 0 Å². The van der Waals surface area contributed by atoms with Gasteiger partial charge in [0.25, 0.3) is 0 Å². The highest BCUT2D eigenvalue weighted by molar-refractivity contribution is 4.91. The van der Waals surface area contributed by atoms with E-state index in [1.165, 1.54) is 77.4 Å². The summed E-state index contributed by atoms with van der Waals surface area (Å²) in [7, 11) is 0. The summed E-state index contributed by atoms with van der Waals surface area (Å²) >= 11 is 0. The Morgan fingerprint density at radius 2 is 1.60 bits per heavy atom. The van der Waals surface area contributed by atoms with Gasteiger partial charge in [0.15, 0.2) is 0 Å². The van der Waals surface area contributed by atoms with Crippen molar-refractivity contribution in [3.05, 3.63) is 0 Å². The van der Waals surface area contributed by atoms with Gasteiger partial charge in [-0.25, -0.2) is 0 Å². The Hall–Kier alpha value is -0.0800. The molecule has 0 amide bonds. The molecule has 1 aliphatic rings. The molecule has 0 spiro atoms. The van der Waals surface area contributed by atoms with Crippen molar-refractivity contribution >= 4 is 0 Å². The highest BCUT2D eigenvalue weighted by Crippen LogP contribution is 2.19. The van der Waals surface area contributed by atoms with Crippen LogP contribution in [0.2, 0.25) is 0 Å².